The monoisotopic (exact) mass is 292 g/mol. The highest BCUT2D eigenvalue weighted by Gasteiger charge is 2.19. The lowest BCUT2D eigenvalue weighted by Crippen LogP contribution is -2.17. The van der Waals surface area contributed by atoms with Crippen molar-refractivity contribution in [3.8, 4) is 0 Å². The lowest BCUT2D eigenvalue weighted by atomic mass is 10.0. The zero-order chi connectivity index (χ0) is 14.2. The van der Waals surface area contributed by atoms with E-state index < -0.39 is 10.0 Å². The molecular weight excluding hydrogens is 276 g/mol. The van der Waals surface area contributed by atoms with E-state index in [0.717, 1.165) is 30.6 Å². The van der Waals surface area contributed by atoms with Gasteiger partial charge in [0.25, 0.3) is 10.0 Å². The highest BCUT2D eigenvalue weighted by Crippen LogP contribution is 2.26. The van der Waals surface area contributed by atoms with Crippen molar-refractivity contribution in [1.82, 2.24) is 9.78 Å². The third-order valence-electron chi connectivity index (χ3n) is 3.35. The zero-order valence-electron chi connectivity index (χ0n) is 11.1. The molecule has 2 aromatic rings. The fraction of sp³-hybridized carbons (Fsp3) is 0.308. The quantitative estimate of drug-likeness (QED) is 0.900. The molecule has 0 radical (unpaired) electrons. The Bertz CT molecular complexity index is 737. The molecule has 7 heteroatoms. The number of hydrogen-bond donors (Lipinski definition) is 2. The Morgan fingerprint density at radius 1 is 1.35 bits per heavy atom. The summed E-state index contributed by atoms with van der Waals surface area (Å²) in [5.74, 6) is 0. The maximum Gasteiger partial charge on any atom is 0.279 e. The van der Waals surface area contributed by atoms with Gasteiger partial charge in [-0.15, -0.1) is 0 Å². The summed E-state index contributed by atoms with van der Waals surface area (Å²) in [6, 6.07) is 7.04. The average Bonchev–Trinajstić information content (AvgIpc) is 2.85. The molecule has 2 N–H and O–H groups in total. The molecule has 1 aliphatic rings. The second kappa shape index (κ2) is 4.82. The van der Waals surface area contributed by atoms with Crippen LogP contribution in [0.15, 0.2) is 35.5 Å². The van der Waals surface area contributed by atoms with Gasteiger partial charge in [0.1, 0.15) is 0 Å². The number of hydrogen-bond acceptors (Lipinski definition) is 4. The van der Waals surface area contributed by atoms with Crippen LogP contribution in [0, 0.1) is 0 Å². The topological polar surface area (TPSA) is 76.0 Å². The molecule has 0 amide bonds. The minimum atomic E-state index is -3.60. The van der Waals surface area contributed by atoms with Crippen molar-refractivity contribution in [2.45, 2.75) is 17.9 Å². The van der Waals surface area contributed by atoms with E-state index in [0.29, 0.717) is 5.69 Å². The van der Waals surface area contributed by atoms with Crippen LogP contribution in [-0.2, 0) is 23.5 Å². The molecule has 2 heterocycles. The predicted molar refractivity (Wildman–Crippen MR) is 77.3 cm³/mol. The Balaban J connectivity index is 1.90. The van der Waals surface area contributed by atoms with Crippen LogP contribution >= 0.6 is 0 Å². The van der Waals surface area contributed by atoms with E-state index in [1.54, 1.807) is 13.1 Å². The van der Waals surface area contributed by atoms with Gasteiger partial charge in [0.2, 0.25) is 0 Å². The number of aromatic nitrogens is 2. The standard InChI is InChI=1S/C13H16N4O2S/c1-17-13(6-8-15-17)20(18,19)16-11-4-5-12-10(9-11)3-2-7-14-12/h4-6,8-9,14,16H,2-3,7H2,1H3. The molecule has 0 aliphatic carbocycles. The smallest absolute Gasteiger partial charge is 0.279 e. The van der Waals surface area contributed by atoms with Crippen molar-refractivity contribution in [2.24, 2.45) is 7.05 Å². The number of nitrogens with zero attached hydrogens (tertiary/aromatic N) is 2. The summed E-state index contributed by atoms with van der Waals surface area (Å²) < 4.78 is 28.5. The van der Waals surface area contributed by atoms with E-state index in [-0.39, 0.29) is 5.03 Å². The Labute approximate surface area is 117 Å². The average molecular weight is 292 g/mol. The number of aryl methyl sites for hydroxylation is 2. The summed E-state index contributed by atoms with van der Waals surface area (Å²) in [7, 11) is -1.99. The highest BCUT2D eigenvalue weighted by molar-refractivity contribution is 7.92. The van der Waals surface area contributed by atoms with Crippen LogP contribution in [0.1, 0.15) is 12.0 Å². The summed E-state index contributed by atoms with van der Waals surface area (Å²) in [4.78, 5) is 0. The second-order valence-corrected chi connectivity index (χ2v) is 6.43. The van der Waals surface area contributed by atoms with Crippen molar-refractivity contribution in [3.63, 3.8) is 0 Å². The van der Waals surface area contributed by atoms with Crippen LogP contribution in [0.3, 0.4) is 0 Å². The Hall–Kier alpha value is -2.02. The van der Waals surface area contributed by atoms with E-state index in [1.807, 2.05) is 12.1 Å². The number of fused-ring (bicyclic) bond motifs is 1. The number of rotatable bonds is 3. The lowest BCUT2D eigenvalue weighted by Gasteiger charge is -2.19. The minimum absolute atomic E-state index is 0.147. The molecule has 0 saturated heterocycles. The molecule has 1 aromatic carbocycles. The van der Waals surface area contributed by atoms with Crippen molar-refractivity contribution < 1.29 is 8.42 Å². The number of benzene rings is 1. The first-order chi connectivity index (χ1) is 9.56. The first-order valence-electron chi connectivity index (χ1n) is 6.44. The fourth-order valence-electron chi connectivity index (χ4n) is 2.37. The molecule has 1 aromatic heterocycles. The van der Waals surface area contributed by atoms with E-state index in [1.165, 1.54) is 16.9 Å². The summed E-state index contributed by atoms with van der Waals surface area (Å²) in [5, 5.41) is 7.33. The van der Waals surface area contributed by atoms with Crippen LogP contribution in [0.4, 0.5) is 11.4 Å². The molecule has 0 unspecified atom stereocenters. The Morgan fingerprint density at radius 2 is 2.20 bits per heavy atom. The lowest BCUT2D eigenvalue weighted by molar-refractivity contribution is 0.582. The molecule has 0 bridgehead atoms. The SMILES string of the molecule is Cn1nccc1S(=O)(=O)Nc1ccc2c(c1)CCCN2. The van der Waals surface area contributed by atoms with Crippen molar-refractivity contribution in [3.05, 3.63) is 36.0 Å². The first kappa shape index (κ1) is 13.0. The largest absolute Gasteiger partial charge is 0.385 e. The van der Waals surface area contributed by atoms with E-state index in [2.05, 4.69) is 15.1 Å². The molecule has 6 nitrogen and oxygen atoms in total. The Kier molecular flexibility index (Phi) is 3.13. The molecule has 106 valence electrons. The number of sulfonamides is 1. The van der Waals surface area contributed by atoms with E-state index in [4.69, 9.17) is 0 Å². The molecule has 3 rings (SSSR count). The summed E-state index contributed by atoms with van der Waals surface area (Å²) in [6.07, 6.45) is 3.49. The van der Waals surface area contributed by atoms with Gasteiger partial charge in [-0.2, -0.15) is 13.5 Å². The van der Waals surface area contributed by atoms with Crippen molar-refractivity contribution >= 4 is 21.4 Å². The van der Waals surface area contributed by atoms with Crippen LogP contribution in [0.5, 0.6) is 0 Å². The van der Waals surface area contributed by atoms with Gasteiger partial charge in [0, 0.05) is 25.0 Å². The van der Waals surface area contributed by atoms with Gasteiger partial charge in [-0.1, -0.05) is 0 Å². The molecular formula is C13H16N4O2S. The second-order valence-electron chi connectivity index (χ2n) is 4.80. The van der Waals surface area contributed by atoms with Gasteiger partial charge in [-0.3, -0.25) is 9.40 Å². The third-order valence-corrected chi connectivity index (χ3v) is 4.80. The highest BCUT2D eigenvalue weighted by atomic mass is 32.2. The van der Waals surface area contributed by atoms with Crippen molar-refractivity contribution in [2.75, 3.05) is 16.6 Å². The van der Waals surface area contributed by atoms with Gasteiger partial charge in [-0.05, 0) is 42.7 Å². The van der Waals surface area contributed by atoms with Crippen LogP contribution in [0.25, 0.3) is 0 Å². The molecule has 0 atom stereocenters. The zero-order valence-corrected chi connectivity index (χ0v) is 11.9. The number of nitrogens with one attached hydrogen (secondary N) is 2. The number of anilines is 2. The minimum Gasteiger partial charge on any atom is -0.385 e. The van der Waals surface area contributed by atoms with Crippen LogP contribution in [0.2, 0.25) is 0 Å². The predicted octanol–water partition coefficient (Wildman–Crippen LogP) is 1.58. The fourth-order valence-corrected chi connectivity index (χ4v) is 3.55. The van der Waals surface area contributed by atoms with Gasteiger partial charge < -0.3 is 5.32 Å². The summed E-state index contributed by atoms with van der Waals surface area (Å²) >= 11 is 0. The van der Waals surface area contributed by atoms with Gasteiger partial charge in [-0.25, -0.2) is 0 Å². The van der Waals surface area contributed by atoms with Gasteiger partial charge >= 0.3 is 0 Å². The summed E-state index contributed by atoms with van der Waals surface area (Å²) in [6.45, 7) is 0.965. The summed E-state index contributed by atoms with van der Waals surface area (Å²) in [5.41, 5.74) is 2.80. The molecule has 20 heavy (non-hydrogen) atoms. The maximum absolute atomic E-state index is 12.3. The molecule has 0 fully saturated rings. The normalized spacial score (nSPS) is 14.4. The van der Waals surface area contributed by atoms with E-state index >= 15 is 0 Å². The molecule has 0 saturated carbocycles. The molecule has 1 aliphatic heterocycles. The Morgan fingerprint density at radius 3 is 2.95 bits per heavy atom. The van der Waals surface area contributed by atoms with Crippen molar-refractivity contribution in [1.29, 1.82) is 0 Å². The van der Waals surface area contributed by atoms with Crippen LogP contribution < -0.4 is 10.0 Å². The van der Waals surface area contributed by atoms with Crippen LogP contribution in [-0.4, -0.2) is 24.7 Å². The van der Waals surface area contributed by atoms with Gasteiger partial charge in [0.05, 0.1) is 6.20 Å². The maximum atomic E-state index is 12.3. The first-order valence-corrected chi connectivity index (χ1v) is 7.92. The molecule has 0 spiro atoms. The van der Waals surface area contributed by atoms with Gasteiger partial charge in [0.15, 0.2) is 5.03 Å². The van der Waals surface area contributed by atoms with E-state index in [9.17, 15) is 8.42 Å². The third kappa shape index (κ3) is 2.36.